The van der Waals surface area contributed by atoms with Crippen molar-refractivity contribution in [1.29, 1.82) is 0 Å². The zero-order valence-corrected chi connectivity index (χ0v) is 62.9. The average Bonchev–Trinajstić information content (AvgIpc) is 1.76. The molecule has 540 valence electrons. The van der Waals surface area contributed by atoms with Gasteiger partial charge < -0.3 is 106 Å². The van der Waals surface area contributed by atoms with Gasteiger partial charge in [0, 0.05) is 85.0 Å². The van der Waals surface area contributed by atoms with Gasteiger partial charge in [-0.05, 0) is 112 Å². The van der Waals surface area contributed by atoms with Crippen molar-refractivity contribution < 1.29 is 71.1 Å². The first-order valence-corrected chi connectivity index (χ1v) is 35.5. The fraction of sp³-hybridized carbons (Fsp3) is 0.541. The summed E-state index contributed by atoms with van der Waals surface area (Å²) in [7, 11) is 19.3. The molecule has 0 aliphatic rings. The van der Waals surface area contributed by atoms with Crippen LogP contribution in [0.3, 0.4) is 0 Å². The van der Waals surface area contributed by atoms with Gasteiger partial charge in [0.05, 0.1) is 39.7 Å². The summed E-state index contributed by atoms with van der Waals surface area (Å²) in [6.45, 7) is 16.4. The molecular formula is C61H99Cl2N23O7Pt2-6. The van der Waals surface area contributed by atoms with Crippen LogP contribution in [0, 0.1) is 0 Å². The Balaban J connectivity index is 0.0000108. The molecule has 6 heterocycles. The second-order valence-electron chi connectivity index (χ2n) is 24.8. The van der Waals surface area contributed by atoms with E-state index in [4.69, 9.17) is 11.5 Å². The topological polar surface area (TPSA) is 466 Å². The molecule has 18 N–H and O–H groups in total. The van der Waals surface area contributed by atoms with Gasteiger partial charge in [-0.1, -0.05) is 44.9 Å². The standard InChI is InChI=1S/C61H91N19O7.2ClH.4H2N.2Pt/c1-58(2,26-19-15-16-20-27-62)73-41(25-30-65-59(3,4)49(82)43-32-39(34-76(43)10)67-55(85)44-33-40(35-77(44)11)66-54(84)42-24-23-31-75(42)9)48(81)61(7,8)74-47-38-80(14)53(70-47)57(87)72-46-37-79(13)52(69-46)56(86)71-45-36-78(12)51(68-45)50(83)60(5,6)64-29-22-18-17-21-28-63;;;;;;;;/h23-24,31-38,41,62-65,73-74H,15-22,25-30H2,1-14H3,(H,66,84)(H,67,85)(H,71,86)(H,72,87);2*1H;4*1H2;;/q-2;;;4*-1;2*+1/p-2. The van der Waals surface area contributed by atoms with Crippen molar-refractivity contribution in [2.45, 2.75) is 148 Å². The first kappa shape index (κ1) is 88.8. The third-order valence-electron chi connectivity index (χ3n) is 15.4. The number of nitrogens with one attached hydrogen (secondary N) is 10. The third-order valence-corrected chi connectivity index (χ3v) is 15.4. The molecule has 0 bridgehead atoms. The van der Waals surface area contributed by atoms with E-state index in [-0.39, 0.29) is 101 Å². The van der Waals surface area contributed by atoms with Gasteiger partial charge in [-0.15, -0.1) is 0 Å². The van der Waals surface area contributed by atoms with E-state index in [9.17, 15) is 33.6 Å². The zero-order valence-electron chi connectivity index (χ0n) is 56.8. The fourth-order valence-corrected chi connectivity index (χ4v) is 10.3. The van der Waals surface area contributed by atoms with Crippen LogP contribution in [0.5, 0.6) is 0 Å². The number of nitrogens with two attached hydrogens (primary N) is 4. The van der Waals surface area contributed by atoms with Gasteiger partial charge in [-0.3, -0.25) is 33.6 Å². The molecule has 0 aliphatic heterocycles. The summed E-state index contributed by atoms with van der Waals surface area (Å²) in [5.41, 5.74) is 13.0. The maximum absolute atomic E-state index is 14.9. The quantitative estimate of drug-likeness (QED) is 0.0135. The largest absolute Gasteiger partial charge is 0.693 e. The predicted octanol–water partition coefficient (Wildman–Crippen LogP) is 12.5. The van der Waals surface area contributed by atoms with Gasteiger partial charge in [0.15, 0.2) is 29.0 Å². The van der Waals surface area contributed by atoms with E-state index < -0.39 is 45.9 Å². The van der Waals surface area contributed by atoms with E-state index in [1.807, 2.05) is 0 Å². The Morgan fingerprint density at radius 2 is 0.916 bits per heavy atom. The Morgan fingerprint density at radius 1 is 0.484 bits per heavy atom. The number of halogens is 2. The van der Waals surface area contributed by atoms with Gasteiger partial charge in [0.1, 0.15) is 17.2 Å². The first-order valence-electron chi connectivity index (χ1n) is 29.9. The number of rotatable bonds is 35. The van der Waals surface area contributed by atoms with Crippen molar-refractivity contribution in [3.63, 3.8) is 0 Å². The molecule has 0 fully saturated rings. The maximum atomic E-state index is 14.9. The summed E-state index contributed by atoms with van der Waals surface area (Å²) in [5, 5.41) is 24.7. The average molecular weight is 1730 g/mol. The van der Waals surface area contributed by atoms with Crippen molar-refractivity contribution in [3.05, 3.63) is 132 Å². The van der Waals surface area contributed by atoms with Crippen LogP contribution in [0.1, 0.15) is 183 Å². The third kappa shape index (κ3) is 25.3. The second kappa shape index (κ2) is 40.5. The molecule has 0 aromatic carbocycles. The predicted molar refractivity (Wildman–Crippen MR) is 372 cm³/mol. The number of anilines is 5. The van der Waals surface area contributed by atoms with E-state index in [2.05, 4.69) is 90.2 Å². The summed E-state index contributed by atoms with van der Waals surface area (Å²) in [6.07, 6.45) is 18.0. The zero-order chi connectivity index (χ0) is 68.2. The number of carbonyl (C=O) groups excluding carboxylic acids is 7. The van der Waals surface area contributed by atoms with Crippen molar-refractivity contribution >= 4 is 88.6 Å². The first-order chi connectivity index (χ1) is 42.9. The van der Waals surface area contributed by atoms with Gasteiger partial charge in [0.25, 0.3) is 23.6 Å². The Bertz CT molecular complexity index is 3440. The number of ketones is 3. The molecule has 1 unspecified atom stereocenters. The van der Waals surface area contributed by atoms with Crippen LogP contribution in [0.15, 0.2) is 61.4 Å². The molecule has 0 saturated heterocycles. The minimum atomic E-state index is -1.24. The molecule has 0 spiro atoms. The van der Waals surface area contributed by atoms with Crippen LogP contribution in [-0.2, 0) is 84.6 Å². The van der Waals surface area contributed by atoms with Crippen LogP contribution in [0.2, 0.25) is 0 Å². The number of aromatic nitrogens is 9. The molecule has 95 heavy (non-hydrogen) atoms. The van der Waals surface area contributed by atoms with Crippen LogP contribution in [0.25, 0.3) is 36.1 Å². The van der Waals surface area contributed by atoms with Crippen molar-refractivity contribution in [2.75, 3.05) is 52.8 Å². The van der Waals surface area contributed by atoms with Crippen molar-refractivity contribution in [3.8, 4) is 0 Å². The molecule has 1 atom stereocenters. The van der Waals surface area contributed by atoms with Crippen molar-refractivity contribution in [1.82, 2.24) is 58.3 Å². The number of imidazole rings is 3. The van der Waals surface area contributed by atoms with Crippen LogP contribution in [0.4, 0.5) is 28.8 Å². The van der Waals surface area contributed by atoms with Crippen LogP contribution in [-0.4, -0.2) is 138 Å². The number of nitrogens with zero attached hydrogens (tertiary/aromatic N) is 9. The smallest absolute Gasteiger partial charge is 0.693 e. The summed E-state index contributed by atoms with van der Waals surface area (Å²) < 4.78 is 9.45. The summed E-state index contributed by atoms with van der Waals surface area (Å²) in [5.74, 6) is -2.13. The molecule has 0 radical (unpaired) electrons. The van der Waals surface area contributed by atoms with E-state index in [0.29, 0.717) is 42.4 Å². The molecule has 6 rings (SSSR count). The summed E-state index contributed by atoms with van der Waals surface area (Å²) in [4.78, 5) is 110. The van der Waals surface area contributed by atoms with Crippen LogP contribution < -0.4 is 42.5 Å². The Kier molecular flexibility index (Phi) is 37.8. The molecule has 4 amide bonds. The van der Waals surface area contributed by atoms with E-state index in [0.717, 1.165) is 57.8 Å². The maximum Gasteiger partial charge on any atom is -0.693 e. The van der Waals surface area contributed by atoms with E-state index in [1.54, 1.807) is 189 Å². The number of aryl methyl sites for hydroxylation is 6. The van der Waals surface area contributed by atoms with Gasteiger partial charge in [0.2, 0.25) is 17.4 Å². The Labute approximate surface area is 589 Å². The Hall–Kier alpha value is -6.24. The number of amides is 4. The molecule has 34 heteroatoms. The minimum Gasteiger partial charge on any atom is -0.693 e. The van der Waals surface area contributed by atoms with E-state index >= 15 is 0 Å². The van der Waals surface area contributed by atoms with Gasteiger partial charge in [-0.2, -0.15) is 13.1 Å². The van der Waals surface area contributed by atoms with Gasteiger partial charge >= 0.3 is 56.4 Å². The van der Waals surface area contributed by atoms with Crippen molar-refractivity contribution in [2.24, 2.45) is 42.3 Å². The number of Topliss-reactive ketones (excluding diaryl/α,β-unsaturated/α-hetero) is 3. The number of carbonyl (C=O) groups is 7. The van der Waals surface area contributed by atoms with E-state index in [1.165, 1.54) is 21.5 Å². The molecular weight excluding hydrogens is 1630 g/mol. The minimum absolute atomic E-state index is 0. The summed E-state index contributed by atoms with van der Waals surface area (Å²) in [6, 6.07) is 5.93. The number of hydrogen-bond acceptors (Lipinski definition) is 14. The van der Waals surface area contributed by atoms with Crippen LogP contribution >= 0.6 is 18.8 Å². The SMILES string of the molecule is Cn1cccc1C(=O)Nc1cc(C(=O)Nc2cc(C(=O)C(C)(C)NCCC(NC(C)(C)CCCCCC[NH-])C(=O)C(C)(C)Nc3cn(C)c(C(=O)Nc4cn(C)c(C(=O)Nc5cn(C)c(C(=O)C(C)(C)NCCCCCC[NH-])n5)n4)n3)n(C)c2)n(C)c1.[Cl][Pt].[Cl][Pt].[NH2-].[NH2-].[NH2-].[NH2-]. The number of hydrogen-bond donors (Lipinski definition) is 8. The molecule has 0 aliphatic carbocycles. The fourth-order valence-electron chi connectivity index (χ4n) is 10.3. The monoisotopic (exact) mass is 1730 g/mol. The Morgan fingerprint density at radius 3 is 1.43 bits per heavy atom. The molecule has 6 aromatic rings. The van der Waals surface area contributed by atoms with Gasteiger partial charge in [-0.25, -0.2) is 15.0 Å². The normalized spacial score (nSPS) is 11.6. The molecule has 6 aromatic heterocycles. The number of unbranched alkanes of at least 4 members (excludes halogenated alkanes) is 6. The second-order valence-corrected chi connectivity index (χ2v) is 24.8. The summed E-state index contributed by atoms with van der Waals surface area (Å²) >= 11 is 3.22. The molecule has 0 saturated carbocycles. The molecule has 30 nitrogen and oxygen atoms in total.